The quantitative estimate of drug-likeness (QED) is 0.506. The number of carbonyl (C=O) groups is 3. The molecule has 0 saturated heterocycles. The second-order valence-corrected chi connectivity index (χ2v) is 5.94. The summed E-state index contributed by atoms with van der Waals surface area (Å²) in [5.41, 5.74) is 0.856. The molecule has 0 bridgehead atoms. The molecule has 0 unspecified atom stereocenters. The van der Waals surface area contributed by atoms with Gasteiger partial charge in [-0.25, -0.2) is 0 Å². The molecule has 2 amide bonds. The van der Waals surface area contributed by atoms with E-state index in [4.69, 9.17) is 0 Å². The second-order valence-electron chi connectivity index (χ2n) is 5.94. The van der Waals surface area contributed by atoms with Gasteiger partial charge in [0.15, 0.2) is 6.29 Å². The maximum atomic E-state index is 12.3. The van der Waals surface area contributed by atoms with Crippen LogP contribution < -0.4 is 5.32 Å². The molecule has 1 aromatic rings. The summed E-state index contributed by atoms with van der Waals surface area (Å²) in [4.78, 5) is 36.3. The average molecular weight is 379 g/mol. The molecule has 27 heavy (non-hydrogen) atoms. The van der Waals surface area contributed by atoms with Crippen molar-refractivity contribution < 1.29 is 14.4 Å². The van der Waals surface area contributed by atoms with E-state index < -0.39 is 0 Å². The predicted molar refractivity (Wildman–Crippen MR) is 113 cm³/mol. The van der Waals surface area contributed by atoms with Crippen LogP contribution in [0.3, 0.4) is 0 Å². The molecule has 154 valence electrons. The summed E-state index contributed by atoms with van der Waals surface area (Å²) < 4.78 is 0. The first-order valence-corrected chi connectivity index (χ1v) is 10.0. The molecule has 0 aliphatic carbocycles. The Bertz CT molecular complexity index is 542. The van der Waals surface area contributed by atoms with Crippen molar-refractivity contribution in [3.8, 4) is 0 Å². The normalized spacial score (nSPS) is 9.33. The maximum absolute atomic E-state index is 12.3. The van der Waals surface area contributed by atoms with Crippen LogP contribution in [0.1, 0.15) is 81.5 Å². The summed E-state index contributed by atoms with van der Waals surface area (Å²) in [7, 11) is 1.74. The molecule has 0 aliphatic heterocycles. The number of nitrogens with one attached hydrogen (secondary N) is 1. The fourth-order valence-corrected chi connectivity index (χ4v) is 2.17. The first-order chi connectivity index (χ1) is 13.0. The van der Waals surface area contributed by atoms with E-state index in [1.165, 1.54) is 0 Å². The molecule has 0 saturated carbocycles. The third kappa shape index (κ3) is 11.2. The van der Waals surface area contributed by atoms with Crippen LogP contribution in [0.25, 0.3) is 0 Å². The molecule has 1 N–H and O–H groups in total. The zero-order valence-electron chi connectivity index (χ0n) is 18.2. The number of benzene rings is 1. The predicted octanol–water partition coefficient (Wildman–Crippen LogP) is 4.57. The Kier molecular flexibility index (Phi) is 17.3. The van der Waals surface area contributed by atoms with Gasteiger partial charge in [-0.3, -0.25) is 14.4 Å². The van der Waals surface area contributed by atoms with Crippen LogP contribution in [-0.4, -0.2) is 43.1 Å². The van der Waals surface area contributed by atoms with Crippen molar-refractivity contribution in [3.05, 3.63) is 35.4 Å². The zero-order chi connectivity index (χ0) is 21.2. The smallest absolute Gasteiger partial charge is 0.254 e. The van der Waals surface area contributed by atoms with Crippen molar-refractivity contribution in [1.82, 2.24) is 10.2 Å². The Morgan fingerprint density at radius 1 is 1.04 bits per heavy atom. The van der Waals surface area contributed by atoms with Crippen LogP contribution in [0.5, 0.6) is 0 Å². The van der Waals surface area contributed by atoms with Crippen molar-refractivity contribution in [2.45, 2.75) is 60.8 Å². The van der Waals surface area contributed by atoms with Crippen LogP contribution in [-0.2, 0) is 4.79 Å². The fraction of sp³-hybridized carbons (Fsp3) is 0.591. The van der Waals surface area contributed by atoms with Crippen LogP contribution in [0.2, 0.25) is 0 Å². The standard InChI is InChI=1S/C18H26N2O3.2C2H6/c1-14(2)17(22)19-11-7-4-8-12-20(3)18(23)16-10-6-5-9-15(16)13-21;2*1-2/h5-6,9-10,13-14H,4,7-8,11-12H2,1-3H3,(H,19,22);2*1-2H3. The number of nitrogens with zero attached hydrogens (tertiary/aromatic N) is 1. The Hall–Kier alpha value is -2.17. The maximum Gasteiger partial charge on any atom is 0.254 e. The van der Waals surface area contributed by atoms with Gasteiger partial charge in [0, 0.05) is 31.6 Å². The van der Waals surface area contributed by atoms with Crippen LogP contribution in [0.4, 0.5) is 0 Å². The van der Waals surface area contributed by atoms with E-state index >= 15 is 0 Å². The third-order valence-corrected chi connectivity index (χ3v) is 3.66. The van der Waals surface area contributed by atoms with Crippen molar-refractivity contribution in [3.63, 3.8) is 0 Å². The highest BCUT2D eigenvalue weighted by Crippen LogP contribution is 2.10. The molecule has 1 rings (SSSR count). The number of hydrogen-bond acceptors (Lipinski definition) is 3. The van der Waals surface area contributed by atoms with E-state index in [9.17, 15) is 14.4 Å². The molecule has 5 nitrogen and oxygen atoms in total. The minimum Gasteiger partial charge on any atom is -0.356 e. The highest BCUT2D eigenvalue weighted by atomic mass is 16.2. The van der Waals surface area contributed by atoms with Gasteiger partial charge in [0.1, 0.15) is 0 Å². The molecule has 0 aromatic heterocycles. The van der Waals surface area contributed by atoms with Crippen molar-refractivity contribution >= 4 is 18.1 Å². The SMILES string of the molecule is CC.CC.CC(C)C(=O)NCCCCCN(C)C(=O)c1ccccc1C=O. The Morgan fingerprint density at radius 3 is 2.19 bits per heavy atom. The summed E-state index contributed by atoms with van der Waals surface area (Å²) in [5.74, 6) is -0.0554. The number of carbonyl (C=O) groups excluding carboxylic acids is 3. The highest BCUT2D eigenvalue weighted by molar-refractivity contribution is 6.01. The molecule has 5 heteroatoms. The molecule has 0 spiro atoms. The largest absolute Gasteiger partial charge is 0.356 e. The van der Waals surface area contributed by atoms with Crippen LogP contribution in [0.15, 0.2) is 24.3 Å². The van der Waals surface area contributed by atoms with Crippen molar-refractivity contribution in [2.24, 2.45) is 5.92 Å². The molecular weight excluding hydrogens is 340 g/mol. The monoisotopic (exact) mass is 378 g/mol. The van der Waals surface area contributed by atoms with E-state index in [1.54, 1.807) is 36.2 Å². The molecule has 0 fully saturated rings. The summed E-state index contributed by atoms with van der Waals surface area (Å²) in [6.07, 6.45) is 3.40. The number of unbranched alkanes of at least 4 members (excludes halogenated alkanes) is 2. The number of aldehydes is 1. The lowest BCUT2D eigenvalue weighted by Gasteiger charge is -2.18. The first-order valence-electron chi connectivity index (χ1n) is 10.0. The van der Waals surface area contributed by atoms with Gasteiger partial charge >= 0.3 is 0 Å². The lowest BCUT2D eigenvalue weighted by molar-refractivity contribution is -0.123. The summed E-state index contributed by atoms with van der Waals surface area (Å²) in [6, 6.07) is 6.81. The molecule has 1 aromatic carbocycles. The van der Waals surface area contributed by atoms with Gasteiger partial charge in [-0.15, -0.1) is 0 Å². The Labute approximate surface area is 165 Å². The van der Waals surface area contributed by atoms with Crippen LogP contribution >= 0.6 is 0 Å². The zero-order valence-corrected chi connectivity index (χ0v) is 18.2. The van der Waals surface area contributed by atoms with E-state index in [-0.39, 0.29) is 17.7 Å². The fourth-order valence-electron chi connectivity index (χ4n) is 2.17. The summed E-state index contributed by atoms with van der Waals surface area (Å²) >= 11 is 0. The van der Waals surface area contributed by atoms with Gasteiger partial charge in [-0.2, -0.15) is 0 Å². The van der Waals surface area contributed by atoms with E-state index in [0.717, 1.165) is 19.3 Å². The highest BCUT2D eigenvalue weighted by Gasteiger charge is 2.14. The van der Waals surface area contributed by atoms with Gasteiger partial charge in [-0.1, -0.05) is 59.7 Å². The van der Waals surface area contributed by atoms with Crippen molar-refractivity contribution in [1.29, 1.82) is 0 Å². The number of hydrogen-bond donors (Lipinski definition) is 1. The van der Waals surface area contributed by atoms with Gasteiger partial charge in [0.2, 0.25) is 5.91 Å². The van der Waals surface area contributed by atoms with Gasteiger partial charge in [-0.05, 0) is 25.3 Å². The molecule has 0 heterocycles. The molecule has 0 aliphatic rings. The van der Waals surface area contributed by atoms with Crippen molar-refractivity contribution in [2.75, 3.05) is 20.1 Å². The lowest BCUT2D eigenvalue weighted by atomic mass is 10.1. The minimum absolute atomic E-state index is 0.0108. The van der Waals surface area contributed by atoms with Crippen LogP contribution in [0, 0.1) is 5.92 Å². The lowest BCUT2D eigenvalue weighted by Crippen LogP contribution is -2.29. The minimum atomic E-state index is -0.138. The second kappa shape index (κ2) is 17.3. The molecule has 0 atom stereocenters. The van der Waals surface area contributed by atoms with Gasteiger partial charge in [0.05, 0.1) is 5.56 Å². The number of rotatable bonds is 9. The Balaban J connectivity index is 0. The summed E-state index contributed by atoms with van der Waals surface area (Å²) in [5, 5.41) is 2.88. The first kappa shape index (κ1) is 27.1. The van der Waals surface area contributed by atoms with E-state index in [1.807, 2.05) is 41.5 Å². The topological polar surface area (TPSA) is 66.5 Å². The van der Waals surface area contributed by atoms with Gasteiger partial charge < -0.3 is 10.2 Å². The summed E-state index contributed by atoms with van der Waals surface area (Å²) in [6.45, 7) is 13.0. The number of amides is 2. The average Bonchev–Trinajstić information content (AvgIpc) is 2.72. The molecule has 0 radical (unpaired) electrons. The molecular formula is C22H38N2O3. The van der Waals surface area contributed by atoms with E-state index in [2.05, 4.69) is 5.32 Å². The third-order valence-electron chi connectivity index (χ3n) is 3.66. The van der Waals surface area contributed by atoms with Gasteiger partial charge in [0.25, 0.3) is 5.91 Å². The van der Waals surface area contributed by atoms with E-state index in [0.29, 0.717) is 30.5 Å². The Morgan fingerprint density at radius 2 is 1.63 bits per heavy atom.